The number of carbonyl (C=O) groups excluding carboxylic acids is 3. The van der Waals surface area contributed by atoms with Crippen molar-refractivity contribution >= 4 is 29.1 Å². The second-order valence-electron chi connectivity index (χ2n) is 13.1. The topological polar surface area (TPSA) is 66.5 Å². The van der Waals surface area contributed by atoms with Gasteiger partial charge in [0.2, 0.25) is 5.91 Å². The Kier molecular flexibility index (Phi) is 10.5. The third kappa shape index (κ3) is 6.21. The van der Waals surface area contributed by atoms with Crippen molar-refractivity contribution in [2.45, 2.75) is 147 Å². The Morgan fingerprint density at radius 3 is 2.08 bits per heavy atom. The van der Waals surface area contributed by atoms with Gasteiger partial charge in [-0.05, 0) is 57.9 Å². The van der Waals surface area contributed by atoms with Crippen LogP contribution in [0.4, 0.5) is 0 Å². The number of hydrogen-bond donors (Lipinski definition) is 1. The predicted molar refractivity (Wildman–Crippen MR) is 163 cm³/mol. The summed E-state index contributed by atoms with van der Waals surface area (Å²) in [5.41, 5.74) is 0.0657. The van der Waals surface area contributed by atoms with E-state index in [1.54, 1.807) is 0 Å². The highest BCUT2D eigenvalue weighted by Gasteiger charge is 2.57. The van der Waals surface area contributed by atoms with E-state index in [0.717, 1.165) is 69.8 Å². The number of Topliss-reactive ketones (excluding diaryl/α,β-unsaturated/α-hetero) is 2. The lowest BCUT2D eigenvalue weighted by molar-refractivity contribution is -0.176. The fourth-order valence-corrected chi connectivity index (χ4v) is 7.74. The van der Waals surface area contributed by atoms with Crippen molar-refractivity contribution in [3.63, 3.8) is 0 Å². The number of rotatable bonds is 10. The highest BCUT2D eigenvalue weighted by Crippen LogP contribution is 2.44. The molecule has 1 aromatic rings. The first-order valence-electron chi connectivity index (χ1n) is 16.0. The molecule has 6 heteroatoms. The SMILES string of the molecule is CCC(C)(N[C@H]1CCCCCC[C@H]1C(=O)[C@@](C)(CC)N1C(=O)[C@@H]2CCCCCC[C@@H]21)C(=O)c1ccc(CCl)cc1. The van der Waals surface area contributed by atoms with Crippen LogP contribution in [-0.2, 0) is 15.5 Å². The number of hydrogen-bond acceptors (Lipinski definition) is 4. The smallest absolute Gasteiger partial charge is 0.228 e. The number of likely N-dealkylation sites (tertiary alicyclic amines) is 1. The maximum absolute atomic E-state index is 14.7. The van der Waals surface area contributed by atoms with E-state index in [2.05, 4.69) is 12.2 Å². The quantitative estimate of drug-likeness (QED) is 0.178. The first-order valence-corrected chi connectivity index (χ1v) is 16.6. The molecule has 1 aliphatic heterocycles. The summed E-state index contributed by atoms with van der Waals surface area (Å²) in [5, 5.41) is 3.76. The van der Waals surface area contributed by atoms with Crippen molar-refractivity contribution < 1.29 is 14.4 Å². The van der Waals surface area contributed by atoms with E-state index in [1.165, 1.54) is 12.8 Å². The lowest BCUT2D eigenvalue weighted by atomic mass is 9.69. The number of alkyl halides is 1. The molecule has 0 aromatic heterocycles. The van der Waals surface area contributed by atoms with E-state index in [0.29, 0.717) is 24.3 Å². The molecule has 0 bridgehead atoms. The Morgan fingerprint density at radius 1 is 0.875 bits per heavy atom. The second-order valence-corrected chi connectivity index (χ2v) is 13.3. The van der Waals surface area contributed by atoms with Crippen molar-refractivity contribution in [1.82, 2.24) is 10.2 Å². The third-order valence-corrected chi connectivity index (χ3v) is 10.9. The maximum Gasteiger partial charge on any atom is 0.228 e. The van der Waals surface area contributed by atoms with Gasteiger partial charge in [-0.15, -0.1) is 11.6 Å². The molecule has 3 aliphatic rings. The maximum atomic E-state index is 14.7. The number of β-lactam (4-membered cyclic amide) rings is 1. The predicted octanol–water partition coefficient (Wildman–Crippen LogP) is 7.62. The molecule has 6 atom stereocenters. The molecule has 1 saturated heterocycles. The number of ketones is 2. The average Bonchev–Trinajstić information content (AvgIpc) is 2.95. The number of nitrogens with one attached hydrogen (secondary N) is 1. The number of halogens is 1. The zero-order valence-electron chi connectivity index (χ0n) is 25.3. The lowest BCUT2D eigenvalue weighted by Crippen LogP contribution is -2.72. The molecular formula is C34H51ClN2O3. The second kappa shape index (κ2) is 13.5. The van der Waals surface area contributed by atoms with Gasteiger partial charge >= 0.3 is 0 Å². The zero-order valence-corrected chi connectivity index (χ0v) is 26.0. The van der Waals surface area contributed by atoms with Gasteiger partial charge in [0.1, 0.15) is 0 Å². The summed E-state index contributed by atoms with van der Waals surface area (Å²) in [5.74, 6) is 0.730. The van der Waals surface area contributed by atoms with Gasteiger partial charge in [-0.25, -0.2) is 0 Å². The molecule has 0 spiro atoms. The van der Waals surface area contributed by atoms with Crippen LogP contribution in [0.15, 0.2) is 24.3 Å². The molecular weight excluding hydrogens is 520 g/mol. The Morgan fingerprint density at radius 2 is 1.48 bits per heavy atom. The minimum atomic E-state index is -0.800. The minimum Gasteiger partial charge on any atom is -0.326 e. The number of nitrogens with zero attached hydrogens (tertiary/aromatic N) is 1. The van der Waals surface area contributed by atoms with Crippen LogP contribution in [0.5, 0.6) is 0 Å². The summed E-state index contributed by atoms with van der Waals surface area (Å²) in [4.78, 5) is 44.1. The Hall–Kier alpha value is -1.72. The minimum absolute atomic E-state index is 0.0536. The molecule has 1 amide bonds. The van der Waals surface area contributed by atoms with E-state index < -0.39 is 11.1 Å². The molecule has 222 valence electrons. The van der Waals surface area contributed by atoms with Gasteiger partial charge in [-0.1, -0.05) is 89.5 Å². The van der Waals surface area contributed by atoms with Crippen LogP contribution in [0, 0.1) is 11.8 Å². The molecule has 1 N–H and O–H groups in total. The van der Waals surface area contributed by atoms with Crippen molar-refractivity contribution in [1.29, 1.82) is 0 Å². The summed E-state index contributed by atoms with van der Waals surface area (Å²) < 4.78 is 0. The first-order chi connectivity index (χ1) is 19.2. The molecule has 0 radical (unpaired) electrons. The van der Waals surface area contributed by atoms with Gasteiger partial charge in [-0.2, -0.15) is 0 Å². The summed E-state index contributed by atoms with van der Waals surface area (Å²) in [7, 11) is 0. The third-order valence-electron chi connectivity index (χ3n) is 10.6. The molecule has 1 aromatic carbocycles. The number of benzene rings is 1. The molecule has 2 aliphatic carbocycles. The van der Waals surface area contributed by atoms with E-state index in [9.17, 15) is 14.4 Å². The van der Waals surface area contributed by atoms with Crippen LogP contribution in [-0.4, -0.2) is 45.5 Å². The number of fused-ring (bicyclic) bond motifs is 1. The van der Waals surface area contributed by atoms with E-state index in [1.807, 2.05) is 49.9 Å². The fraction of sp³-hybridized carbons (Fsp3) is 0.735. The van der Waals surface area contributed by atoms with Crippen molar-refractivity contribution in [3.8, 4) is 0 Å². The lowest BCUT2D eigenvalue weighted by Gasteiger charge is -2.57. The molecule has 1 heterocycles. The van der Waals surface area contributed by atoms with Crippen LogP contribution in [0.2, 0.25) is 0 Å². The fourth-order valence-electron chi connectivity index (χ4n) is 7.57. The van der Waals surface area contributed by atoms with Gasteiger partial charge < -0.3 is 10.2 Å². The molecule has 4 rings (SSSR count). The highest BCUT2D eigenvalue weighted by molar-refractivity contribution is 6.17. The molecule has 2 saturated carbocycles. The average molecular weight is 571 g/mol. The Labute approximate surface area is 247 Å². The van der Waals surface area contributed by atoms with Gasteiger partial charge in [-0.3, -0.25) is 14.4 Å². The number of amides is 1. The van der Waals surface area contributed by atoms with Crippen LogP contribution >= 0.6 is 11.6 Å². The van der Waals surface area contributed by atoms with Gasteiger partial charge in [0.15, 0.2) is 11.6 Å². The van der Waals surface area contributed by atoms with Gasteiger partial charge in [0, 0.05) is 29.4 Å². The highest BCUT2D eigenvalue weighted by atomic mass is 35.5. The van der Waals surface area contributed by atoms with Crippen LogP contribution in [0.25, 0.3) is 0 Å². The zero-order chi connectivity index (χ0) is 28.9. The van der Waals surface area contributed by atoms with Crippen LogP contribution in [0.1, 0.15) is 134 Å². The summed E-state index contributed by atoms with van der Waals surface area (Å²) in [6.45, 7) is 8.13. The molecule has 5 nitrogen and oxygen atoms in total. The Balaban J connectivity index is 1.60. The van der Waals surface area contributed by atoms with Crippen molar-refractivity contribution in [2.24, 2.45) is 11.8 Å². The van der Waals surface area contributed by atoms with Crippen LogP contribution < -0.4 is 5.32 Å². The van der Waals surface area contributed by atoms with Crippen molar-refractivity contribution in [3.05, 3.63) is 35.4 Å². The molecule has 3 fully saturated rings. The van der Waals surface area contributed by atoms with E-state index >= 15 is 0 Å². The summed E-state index contributed by atoms with van der Waals surface area (Å²) >= 11 is 5.97. The molecule has 40 heavy (non-hydrogen) atoms. The van der Waals surface area contributed by atoms with Crippen molar-refractivity contribution in [2.75, 3.05) is 0 Å². The first kappa shape index (κ1) is 31.2. The standard InChI is InChI=1S/C34H51ClN2O3/c1-5-33(3,30(38)25-21-19-24(23-35)20-22-25)36-28-17-13-9-7-11-15-26(28)31(39)34(4,6-2)37-29-18-14-10-8-12-16-27(29)32(37)40/h19-22,26-29,36H,5-18,23H2,1-4H3/t26-,27-,28+,29+,33?,34-/m1/s1. The summed E-state index contributed by atoms with van der Waals surface area (Å²) in [6.07, 6.45) is 13.9. The monoisotopic (exact) mass is 570 g/mol. The number of carbonyl (C=O) groups is 3. The summed E-state index contributed by atoms with van der Waals surface area (Å²) in [6, 6.07) is 7.66. The largest absolute Gasteiger partial charge is 0.326 e. The van der Waals surface area contributed by atoms with E-state index in [-0.39, 0.29) is 41.4 Å². The normalized spacial score (nSPS) is 28.9. The molecule has 1 unspecified atom stereocenters. The van der Waals surface area contributed by atoms with Crippen LogP contribution in [0.3, 0.4) is 0 Å². The Bertz CT molecular complexity index is 1040. The van der Waals surface area contributed by atoms with E-state index in [4.69, 9.17) is 11.6 Å². The van der Waals surface area contributed by atoms with Gasteiger partial charge in [0.05, 0.1) is 17.0 Å². The van der Waals surface area contributed by atoms with Gasteiger partial charge in [0.25, 0.3) is 0 Å².